The average Bonchev–Trinajstić information content (AvgIpc) is 2.57. The third kappa shape index (κ3) is 4.44. The van der Waals surface area contributed by atoms with E-state index in [1.54, 1.807) is 25.1 Å². The number of carbonyl (C=O) groups is 1. The zero-order chi connectivity index (χ0) is 17.7. The van der Waals surface area contributed by atoms with Crippen LogP contribution in [0.1, 0.15) is 22.8 Å². The Morgan fingerprint density at radius 1 is 1.38 bits per heavy atom. The van der Waals surface area contributed by atoms with E-state index in [2.05, 4.69) is 10.6 Å². The first-order chi connectivity index (χ1) is 11.4. The molecule has 0 radical (unpaired) electrons. The normalized spacial score (nSPS) is 11.5. The van der Waals surface area contributed by atoms with Gasteiger partial charge < -0.3 is 15.7 Å². The lowest BCUT2D eigenvalue weighted by molar-refractivity contribution is 0.174. The summed E-state index contributed by atoms with van der Waals surface area (Å²) in [7, 11) is 0. The van der Waals surface area contributed by atoms with Crippen molar-refractivity contribution in [2.45, 2.75) is 13.0 Å². The van der Waals surface area contributed by atoms with Gasteiger partial charge in [0.05, 0.1) is 22.8 Å². The Balaban J connectivity index is 1.95. The van der Waals surface area contributed by atoms with E-state index in [-0.39, 0.29) is 11.6 Å². The highest BCUT2D eigenvalue weighted by molar-refractivity contribution is 6.30. The van der Waals surface area contributed by atoms with E-state index in [1.807, 2.05) is 6.07 Å². The number of hydrogen-bond acceptors (Lipinski definition) is 3. The maximum absolute atomic E-state index is 13.4. The van der Waals surface area contributed by atoms with Crippen LogP contribution in [0, 0.1) is 24.1 Å². The molecule has 0 aliphatic carbocycles. The number of aliphatic hydroxyl groups excluding tert-OH is 1. The highest BCUT2D eigenvalue weighted by atomic mass is 35.5. The van der Waals surface area contributed by atoms with E-state index in [9.17, 15) is 14.3 Å². The largest absolute Gasteiger partial charge is 0.387 e. The lowest BCUT2D eigenvalue weighted by atomic mass is 10.1. The minimum Gasteiger partial charge on any atom is -0.387 e. The molecule has 0 heterocycles. The summed E-state index contributed by atoms with van der Waals surface area (Å²) in [6, 6.07) is 10.3. The van der Waals surface area contributed by atoms with E-state index in [1.165, 1.54) is 12.1 Å². The summed E-state index contributed by atoms with van der Waals surface area (Å²) in [4.78, 5) is 11.9. The molecule has 2 amide bonds. The van der Waals surface area contributed by atoms with Crippen molar-refractivity contribution in [3.63, 3.8) is 0 Å². The molecule has 2 rings (SSSR count). The lowest BCUT2D eigenvalue weighted by Crippen LogP contribution is -2.32. The summed E-state index contributed by atoms with van der Waals surface area (Å²) in [6.45, 7) is 1.69. The van der Waals surface area contributed by atoms with Gasteiger partial charge in [-0.3, -0.25) is 0 Å². The highest BCUT2D eigenvalue weighted by Gasteiger charge is 2.12. The Labute approximate surface area is 143 Å². The first-order valence-electron chi connectivity index (χ1n) is 7.09. The number of aryl methyl sites for hydroxylation is 1. The molecule has 1 atom stereocenters. The predicted octanol–water partition coefficient (Wildman–Crippen LogP) is 3.51. The SMILES string of the molecule is Cc1ccc(C#N)cc1NC(=O)NCC(O)c1ccc(Cl)c(F)c1. The molecule has 0 aromatic heterocycles. The summed E-state index contributed by atoms with van der Waals surface area (Å²) in [5.74, 6) is -0.637. The van der Waals surface area contributed by atoms with Gasteiger partial charge in [0.25, 0.3) is 0 Å². The smallest absolute Gasteiger partial charge is 0.319 e. The molecule has 2 aromatic rings. The third-order valence-electron chi connectivity index (χ3n) is 3.40. The van der Waals surface area contributed by atoms with Gasteiger partial charge in [-0.15, -0.1) is 0 Å². The minimum absolute atomic E-state index is 0.0375. The van der Waals surface area contributed by atoms with Crippen LogP contribution in [0.25, 0.3) is 0 Å². The molecule has 0 aliphatic rings. The molecule has 0 aliphatic heterocycles. The zero-order valence-corrected chi connectivity index (χ0v) is 13.6. The second kappa shape index (κ2) is 7.77. The molecular weight excluding hydrogens is 333 g/mol. The molecule has 24 heavy (non-hydrogen) atoms. The second-order valence-corrected chi connectivity index (χ2v) is 5.57. The van der Waals surface area contributed by atoms with Crippen LogP contribution in [0.4, 0.5) is 14.9 Å². The fraction of sp³-hybridized carbons (Fsp3) is 0.176. The molecule has 7 heteroatoms. The van der Waals surface area contributed by atoms with Gasteiger partial charge in [-0.25, -0.2) is 9.18 Å². The van der Waals surface area contributed by atoms with Gasteiger partial charge in [-0.1, -0.05) is 23.7 Å². The van der Waals surface area contributed by atoms with Crippen LogP contribution in [0.5, 0.6) is 0 Å². The van der Waals surface area contributed by atoms with Crippen molar-refractivity contribution in [1.29, 1.82) is 5.26 Å². The first kappa shape index (κ1) is 17.7. The van der Waals surface area contributed by atoms with E-state index in [0.29, 0.717) is 16.8 Å². The molecule has 0 saturated heterocycles. The first-order valence-corrected chi connectivity index (χ1v) is 7.47. The summed E-state index contributed by atoms with van der Waals surface area (Å²) < 4.78 is 13.4. The van der Waals surface area contributed by atoms with Crippen LogP contribution in [-0.4, -0.2) is 17.7 Å². The molecule has 0 saturated carbocycles. The third-order valence-corrected chi connectivity index (χ3v) is 3.71. The summed E-state index contributed by atoms with van der Waals surface area (Å²) in [5.41, 5.74) is 2.02. The molecule has 0 fully saturated rings. The second-order valence-electron chi connectivity index (χ2n) is 5.17. The number of anilines is 1. The van der Waals surface area contributed by atoms with Crippen molar-refractivity contribution in [1.82, 2.24) is 5.32 Å². The van der Waals surface area contributed by atoms with E-state index in [4.69, 9.17) is 16.9 Å². The Hall–Kier alpha value is -2.62. The average molecular weight is 348 g/mol. The molecule has 5 nitrogen and oxygen atoms in total. The van der Waals surface area contributed by atoms with Crippen molar-refractivity contribution in [2.75, 3.05) is 11.9 Å². The Kier molecular flexibility index (Phi) is 5.74. The van der Waals surface area contributed by atoms with Crippen LogP contribution in [0.3, 0.4) is 0 Å². The lowest BCUT2D eigenvalue weighted by Gasteiger charge is -2.14. The standard InChI is InChI=1S/C17H15ClFN3O2/c1-10-2-3-11(8-20)6-15(10)22-17(24)21-9-16(23)12-4-5-13(18)14(19)7-12/h2-7,16,23H,9H2,1H3,(H2,21,22,24). The molecule has 3 N–H and O–H groups in total. The van der Waals surface area contributed by atoms with Crippen LogP contribution in [-0.2, 0) is 0 Å². The van der Waals surface area contributed by atoms with Gasteiger partial charge in [0, 0.05) is 12.2 Å². The van der Waals surface area contributed by atoms with Crippen LogP contribution in [0.15, 0.2) is 36.4 Å². The molecular formula is C17H15ClFN3O2. The minimum atomic E-state index is -1.07. The summed E-state index contributed by atoms with van der Waals surface area (Å²) >= 11 is 5.58. The predicted molar refractivity (Wildman–Crippen MR) is 89.3 cm³/mol. The number of nitrogens with one attached hydrogen (secondary N) is 2. The number of nitrogens with zero attached hydrogens (tertiary/aromatic N) is 1. The number of amides is 2. The van der Waals surface area contributed by atoms with Crippen molar-refractivity contribution < 1.29 is 14.3 Å². The van der Waals surface area contributed by atoms with Gasteiger partial charge in [0.1, 0.15) is 5.82 Å². The van der Waals surface area contributed by atoms with E-state index < -0.39 is 18.0 Å². The van der Waals surface area contributed by atoms with Gasteiger partial charge >= 0.3 is 6.03 Å². The van der Waals surface area contributed by atoms with Gasteiger partial charge in [0.2, 0.25) is 0 Å². The number of hydrogen-bond donors (Lipinski definition) is 3. The number of rotatable bonds is 4. The number of nitriles is 1. The highest BCUT2D eigenvalue weighted by Crippen LogP contribution is 2.20. The van der Waals surface area contributed by atoms with Gasteiger partial charge in [-0.05, 0) is 42.3 Å². The zero-order valence-electron chi connectivity index (χ0n) is 12.8. The van der Waals surface area contributed by atoms with Crippen LogP contribution < -0.4 is 10.6 Å². The van der Waals surface area contributed by atoms with Crippen molar-refractivity contribution in [3.05, 3.63) is 63.9 Å². The maximum Gasteiger partial charge on any atom is 0.319 e. The quantitative estimate of drug-likeness (QED) is 0.791. The van der Waals surface area contributed by atoms with Crippen molar-refractivity contribution in [3.8, 4) is 6.07 Å². The molecule has 2 aromatic carbocycles. The number of carbonyl (C=O) groups excluding carboxylic acids is 1. The van der Waals surface area contributed by atoms with Crippen LogP contribution >= 0.6 is 11.6 Å². The summed E-state index contributed by atoms with van der Waals surface area (Å²) in [5, 5.41) is 23.9. The van der Waals surface area contributed by atoms with Gasteiger partial charge in [-0.2, -0.15) is 5.26 Å². The number of benzene rings is 2. The Morgan fingerprint density at radius 2 is 2.12 bits per heavy atom. The van der Waals surface area contributed by atoms with E-state index in [0.717, 1.165) is 11.6 Å². The van der Waals surface area contributed by atoms with Gasteiger partial charge in [0.15, 0.2) is 0 Å². The molecule has 0 spiro atoms. The topological polar surface area (TPSA) is 85.2 Å². The number of halogens is 2. The maximum atomic E-state index is 13.4. The molecule has 0 bridgehead atoms. The van der Waals surface area contributed by atoms with Crippen molar-refractivity contribution >= 4 is 23.3 Å². The fourth-order valence-electron chi connectivity index (χ4n) is 2.02. The van der Waals surface area contributed by atoms with Crippen LogP contribution in [0.2, 0.25) is 5.02 Å². The number of urea groups is 1. The number of aliphatic hydroxyl groups is 1. The fourth-order valence-corrected chi connectivity index (χ4v) is 2.14. The Bertz CT molecular complexity index is 805. The van der Waals surface area contributed by atoms with Crippen molar-refractivity contribution in [2.24, 2.45) is 0 Å². The van der Waals surface area contributed by atoms with E-state index >= 15 is 0 Å². The molecule has 1 unspecified atom stereocenters. The Morgan fingerprint density at radius 3 is 2.79 bits per heavy atom. The monoisotopic (exact) mass is 347 g/mol. The molecule has 124 valence electrons. The summed E-state index contributed by atoms with van der Waals surface area (Å²) in [6.07, 6.45) is -1.07.